The maximum absolute atomic E-state index is 13.8. The molecule has 2 amide bonds. The Morgan fingerprint density at radius 1 is 1.13 bits per heavy atom. The van der Waals surface area contributed by atoms with Gasteiger partial charge in [0.25, 0.3) is 0 Å². The lowest BCUT2D eigenvalue weighted by atomic mass is 9.71. The monoisotopic (exact) mass is 619 g/mol. The zero-order valence-electron chi connectivity index (χ0n) is 27.0. The zero-order valence-corrected chi connectivity index (χ0v) is 27.0. The second-order valence-electron chi connectivity index (χ2n) is 12.7. The minimum atomic E-state index is -1.25. The number of hydrogen-bond donors (Lipinski definition) is 3. The quantitative estimate of drug-likeness (QED) is 0.254. The Morgan fingerprint density at radius 2 is 1.96 bits per heavy atom. The predicted molar refractivity (Wildman–Crippen MR) is 172 cm³/mol. The first-order valence-corrected chi connectivity index (χ1v) is 16.4. The van der Waals surface area contributed by atoms with Gasteiger partial charge in [0.1, 0.15) is 0 Å². The number of alkyl carbamates (subject to hydrolysis) is 1. The first-order valence-electron chi connectivity index (χ1n) is 16.4. The Kier molecular flexibility index (Phi) is 12.4. The Bertz CT molecular complexity index is 1340. The van der Waals surface area contributed by atoms with Crippen molar-refractivity contribution in [3.63, 3.8) is 0 Å². The van der Waals surface area contributed by atoms with Gasteiger partial charge in [-0.3, -0.25) is 4.79 Å². The second-order valence-corrected chi connectivity index (χ2v) is 12.7. The molecule has 0 aromatic heterocycles. The van der Waals surface area contributed by atoms with E-state index < -0.39 is 29.8 Å². The van der Waals surface area contributed by atoms with Crippen LogP contribution in [0.4, 0.5) is 4.79 Å². The smallest absolute Gasteiger partial charge is 0.407 e. The average Bonchev–Trinajstić information content (AvgIpc) is 3.41. The maximum atomic E-state index is 13.8. The van der Waals surface area contributed by atoms with Crippen molar-refractivity contribution in [1.29, 1.82) is 5.26 Å². The number of unbranched alkanes of at least 4 members (excludes halogenated alkanes) is 2. The molecule has 2 aliphatic rings. The Balaban J connectivity index is 1.57. The van der Waals surface area contributed by atoms with Crippen molar-refractivity contribution in [1.82, 2.24) is 10.2 Å². The van der Waals surface area contributed by atoms with Crippen LogP contribution >= 0.6 is 0 Å². The molecule has 2 fully saturated rings. The predicted octanol–water partition coefficient (Wildman–Crippen LogP) is 5.44. The summed E-state index contributed by atoms with van der Waals surface area (Å²) in [5, 5.41) is 35.9. The summed E-state index contributed by atoms with van der Waals surface area (Å²) in [5.41, 5.74) is 2.89. The van der Waals surface area contributed by atoms with Crippen molar-refractivity contribution in [2.45, 2.75) is 89.4 Å². The molecule has 9 nitrogen and oxygen atoms in total. The fraction of sp³-hybridized carbons (Fsp3) is 0.583. The summed E-state index contributed by atoms with van der Waals surface area (Å²) in [4.78, 5) is 27.9. The van der Waals surface area contributed by atoms with E-state index in [1.54, 1.807) is 13.2 Å². The molecular formula is C36H49N3O6. The topological polar surface area (TPSA) is 132 Å². The zero-order chi connectivity index (χ0) is 32.4. The maximum Gasteiger partial charge on any atom is 0.407 e. The molecule has 1 saturated carbocycles. The molecule has 1 aliphatic heterocycles. The van der Waals surface area contributed by atoms with Gasteiger partial charge in [-0.2, -0.15) is 5.26 Å². The van der Waals surface area contributed by atoms with Gasteiger partial charge in [0.15, 0.2) is 0 Å². The molecule has 4 rings (SSSR count). The van der Waals surface area contributed by atoms with Crippen molar-refractivity contribution in [2.75, 3.05) is 33.4 Å². The van der Waals surface area contributed by atoms with E-state index in [0.717, 1.165) is 60.8 Å². The van der Waals surface area contributed by atoms with Gasteiger partial charge in [0, 0.05) is 38.6 Å². The first kappa shape index (κ1) is 34.4. The van der Waals surface area contributed by atoms with Gasteiger partial charge in [-0.15, -0.1) is 0 Å². The fourth-order valence-electron chi connectivity index (χ4n) is 6.94. The third kappa shape index (κ3) is 8.63. The lowest BCUT2D eigenvalue weighted by Gasteiger charge is -2.44. The summed E-state index contributed by atoms with van der Waals surface area (Å²) in [6, 6.07) is 15.3. The van der Waals surface area contributed by atoms with E-state index in [4.69, 9.17) is 9.47 Å². The average molecular weight is 620 g/mol. The highest BCUT2D eigenvalue weighted by Crippen LogP contribution is 2.44. The van der Waals surface area contributed by atoms with Crippen LogP contribution in [0.3, 0.4) is 0 Å². The summed E-state index contributed by atoms with van der Waals surface area (Å²) in [6.45, 7) is 5.91. The molecule has 9 heteroatoms. The van der Waals surface area contributed by atoms with Crippen molar-refractivity contribution >= 4 is 12.0 Å². The van der Waals surface area contributed by atoms with Gasteiger partial charge >= 0.3 is 6.09 Å². The molecule has 0 radical (unpaired) electrons. The number of carbonyl (C=O) groups is 2. The van der Waals surface area contributed by atoms with E-state index in [2.05, 4.69) is 17.5 Å². The lowest BCUT2D eigenvalue weighted by Crippen LogP contribution is -2.49. The second kappa shape index (κ2) is 16.2. The number of rotatable bonds is 13. The molecule has 2 aromatic rings. The van der Waals surface area contributed by atoms with Crippen LogP contribution < -0.4 is 5.32 Å². The number of hydrogen-bond acceptors (Lipinski definition) is 7. The molecule has 5 atom stereocenters. The standard InChI is InChI=1S/C36H49N3O6/c1-4-5-18-45-35(42)38-32-21-28(22-33(32)40)34(41)39-16-9-12-29(24-39)36(43,15-6-7-17-44-3)31-14-13-26(23-37)20-30(31)27-11-8-10-25(2)19-27/h8,10-11,13-14,19-20,28-29,32-33,40,43H,4-7,9,12,15-18,21-22,24H2,1-3H3,(H,38,42)/t28-,29+,32?,33-,36-/m0/s1. The van der Waals surface area contributed by atoms with E-state index in [0.29, 0.717) is 44.7 Å². The Morgan fingerprint density at radius 3 is 2.69 bits per heavy atom. The van der Waals surface area contributed by atoms with Crippen LogP contribution in [0.25, 0.3) is 11.1 Å². The number of benzene rings is 2. The lowest BCUT2D eigenvalue weighted by molar-refractivity contribution is -0.141. The Hall–Kier alpha value is -3.45. The van der Waals surface area contributed by atoms with Crippen LogP contribution in [0.15, 0.2) is 42.5 Å². The van der Waals surface area contributed by atoms with Crippen LogP contribution in [0.5, 0.6) is 0 Å². The number of aliphatic hydroxyl groups is 2. The molecule has 1 saturated heterocycles. The van der Waals surface area contributed by atoms with Crippen LogP contribution in [-0.2, 0) is 19.9 Å². The van der Waals surface area contributed by atoms with E-state index >= 15 is 0 Å². The van der Waals surface area contributed by atoms with Gasteiger partial charge in [0.05, 0.1) is 36.0 Å². The number of aliphatic hydroxyl groups excluding tert-OH is 1. The first-order chi connectivity index (χ1) is 21.7. The van der Waals surface area contributed by atoms with Crippen molar-refractivity contribution < 1.29 is 29.3 Å². The van der Waals surface area contributed by atoms with Gasteiger partial charge in [-0.25, -0.2) is 4.79 Å². The van der Waals surface area contributed by atoms with Crippen molar-refractivity contribution in [3.8, 4) is 17.2 Å². The normalized spacial score (nSPS) is 22.8. The molecule has 3 N–H and O–H groups in total. The number of ether oxygens (including phenoxy) is 2. The van der Waals surface area contributed by atoms with Crippen LogP contribution in [0, 0.1) is 30.1 Å². The molecule has 1 heterocycles. The van der Waals surface area contributed by atoms with Gasteiger partial charge in [0.2, 0.25) is 5.91 Å². The largest absolute Gasteiger partial charge is 0.450 e. The van der Waals surface area contributed by atoms with Crippen LogP contribution in [-0.4, -0.2) is 72.7 Å². The van der Waals surface area contributed by atoms with E-state index in [-0.39, 0.29) is 18.2 Å². The van der Waals surface area contributed by atoms with Gasteiger partial charge < -0.3 is 29.9 Å². The third-order valence-electron chi connectivity index (χ3n) is 9.42. The van der Waals surface area contributed by atoms with Gasteiger partial charge in [-0.05, 0) is 87.1 Å². The summed E-state index contributed by atoms with van der Waals surface area (Å²) in [6.07, 6.45) is 4.41. The van der Waals surface area contributed by atoms with Crippen molar-refractivity contribution in [3.05, 3.63) is 59.2 Å². The van der Waals surface area contributed by atoms with Gasteiger partial charge in [-0.1, -0.05) is 49.2 Å². The summed E-state index contributed by atoms with van der Waals surface area (Å²) >= 11 is 0. The minimum absolute atomic E-state index is 0.0529. The highest BCUT2D eigenvalue weighted by atomic mass is 16.5. The number of nitrogens with zero attached hydrogens (tertiary/aromatic N) is 2. The highest BCUT2D eigenvalue weighted by molar-refractivity contribution is 5.80. The number of methoxy groups -OCH3 is 1. The number of nitrogens with one attached hydrogen (secondary N) is 1. The molecule has 0 spiro atoms. The molecule has 45 heavy (non-hydrogen) atoms. The molecule has 0 bridgehead atoms. The van der Waals surface area contributed by atoms with Crippen molar-refractivity contribution in [2.24, 2.45) is 11.8 Å². The molecule has 2 aromatic carbocycles. The molecular weight excluding hydrogens is 570 g/mol. The number of nitriles is 1. The number of aryl methyl sites for hydroxylation is 1. The van der Waals surface area contributed by atoms with E-state index in [9.17, 15) is 25.1 Å². The SMILES string of the molecule is CCCCOC(=O)NC1C[C@H](C(=O)N2CCC[C@@H]([C@@](O)(CCCCOC)c3ccc(C#N)cc3-c3cccc(C)c3)C2)C[C@@H]1O. The third-order valence-corrected chi connectivity index (χ3v) is 9.42. The molecule has 1 unspecified atom stereocenters. The summed E-state index contributed by atoms with van der Waals surface area (Å²) in [5.74, 6) is -0.710. The molecule has 244 valence electrons. The summed E-state index contributed by atoms with van der Waals surface area (Å²) < 4.78 is 10.5. The number of likely N-dealkylation sites (tertiary alicyclic amines) is 1. The van der Waals surface area contributed by atoms with E-state index in [1.165, 1.54) is 0 Å². The minimum Gasteiger partial charge on any atom is -0.450 e. The number of carbonyl (C=O) groups excluding carboxylic acids is 2. The Labute approximate surface area is 267 Å². The van der Waals surface area contributed by atoms with Crippen LogP contribution in [0.2, 0.25) is 0 Å². The fourth-order valence-corrected chi connectivity index (χ4v) is 6.94. The summed E-state index contributed by atoms with van der Waals surface area (Å²) in [7, 11) is 1.67. The number of amides is 2. The molecule has 1 aliphatic carbocycles. The highest BCUT2D eigenvalue weighted by Gasteiger charge is 2.45. The van der Waals surface area contributed by atoms with E-state index in [1.807, 2.05) is 49.1 Å². The van der Waals surface area contributed by atoms with Crippen LogP contribution in [0.1, 0.15) is 81.4 Å². The number of piperidine rings is 1.